The molecule has 2 N–H and O–H groups in total. The number of aliphatic imine (C=N–C) groups is 1. The number of hydrazine groups is 1. The number of hydrogen-bond donors (Lipinski definition) is 2. The van der Waals surface area contributed by atoms with Crippen molar-refractivity contribution in [1.29, 1.82) is 0 Å². The van der Waals surface area contributed by atoms with Crippen LogP contribution in [0.3, 0.4) is 0 Å². The highest BCUT2D eigenvalue weighted by Crippen LogP contribution is 2.26. The van der Waals surface area contributed by atoms with Crippen molar-refractivity contribution in [3.63, 3.8) is 0 Å². The van der Waals surface area contributed by atoms with Gasteiger partial charge in [0.15, 0.2) is 0 Å². The van der Waals surface area contributed by atoms with E-state index in [4.69, 9.17) is 0 Å². The summed E-state index contributed by atoms with van der Waals surface area (Å²) >= 11 is 0. The largest absolute Gasteiger partial charge is 0.362 e. The standard InChI is InChI=1S/C17H24N4O/c22-17(20-19-16-10-2-1-5-11-18-16)13-21-12-6-8-14-7-3-4-9-15(14)21/h3-4,7,9H,1-2,5-6,8,10-13H2,(H,18,19)(H,20,22). The fraction of sp³-hybridized carbons (Fsp3) is 0.529. The second-order valence-corrected chi connectivity index (χ2v) is 5.97. The number of benzene rings is 1. The lowest BCUT2D eigenvalue weighted by atomic mass is 10.0. The van der Waals surface area contributed by atoms with Crippen LogP contribution in [-0.4, -0.2) is 31.4 Å². The summed E-state index contributed by atoms with van der Waals surface area (Å²) < 4.78 is 0. The molecule has 0 radical (unpaired) electrons. The normalized spacial score (nSPS) is 18.0. The summed E-state index contributed by atoms with van der Waals surface area (Å²) in [5.41, 5.74) is 8.32. The van der Waals surface area contributed by atoms with Crippen molar-refractivity contribution < 1.29 is 4.79 Å². The highest BCUT2D eigenvalue weighted by molar-refractivity contribution is 5.87. The molecule has 5 heteroatoms. The Kier molecular flexibility index (Phi) is 4.93. The molecule has 2 aliphatic rings. The van der Waals surface area contributed by atoms with Crippen LogP contribution in [0.1, 0.15) is 37.7 Å². The maximum atomic E-state index is 12.2. The Balaban J connectivity index is 1.53. The predicted octanol–water partition coefficient (Wildman–Crippen LogP) is 2.03. The Morgan fingerprint density at radius 1 is 1.14 bits per heavy atom. The molecule has 2 aliphatic heterocycles. The van der Waals surface area contributed by atoms with Gasteiger partial charge < -0.3 is 4.90 Å². The smallest absolute Gasteiger partial charge is 0.257 e. The van der Waals surface area contributed by atoms with Gasteiger partial charge in [-0.05, 0) is 37.3 Å². The van der Waals surface area contributed by atoms with E-state index in [1.807, 2.05) is 6.07 Å². The van der Waals surface area contributed by atoms with Crippen molar-refractivity contribution in [2.75, 3.05) is 24.5 Å². The van der Waals surface area contributed by atoms with Gasteiger partial charge >= 0.3 is 0 Å². The number of fused-ring (bicyclic) bond motifs is 1. The molecule has 0 bridgehead atoms. The van der Waals surface area contributed by atoms with Crippen molar-refractivity contribution in [2.24, 2.45) is 4.99 Å². The number of carbonyl (C=O) groups is 1. The van der Waals surface area contributed by atoms with Gasteiger partial charge in [-0.1, -0.05) is 24.6 Å². The summed E-state index contributed by atoms with van der Waals surface area (Å²) in [5, 5.41) is 0. The minimum absolute atomic E-state index is 0.0105. The zero-order valence-corrected chi connectivity index (χ0v) is 13.0. The molecule has 1 aromatic rings. The number of rotatable bonds is 2. The van der Waals surface area contributed by atoms with Gasteiger partial charge in [0.25, 0.3) is 5.91 Å². The topological polar surface area (TPSA) is 56.7 Å². The molecule has 5 nitrogen and oxygen atoms in total. The van der Waals surface area contributed by atoms with Crippen molar-refractivity contribution >= 4 is 17.4 Å². The summed E-state index contributed by atoms with van der Waals surface area (Å²) in [5.74, 6) is 0.897. The average Bonchev–Trinajstić information content (AvgIpc) is 2.82. The molecule has 1 aromatic carbocycles. The molecule has 118 valence electrons. The van der Waals surface area contributed by atoms with Gasteiger partial charge in [0, 0.05) is 25.2 Å². The fourth-order valence-corrected chi connectivity index (χ4v) is 3.11. The second-order valence-electron chi connectivity index (χ2n) is 5.97. The predicted molar refractivity (Wildman–Crippen MR) is 89.0 cm³/mol. The molecule has 0 fully saturated rings. The lowest BCUT2D eigenvalue weighted by Gasteiger charge is -2.30. The van der Waals surface area contributed by atoms with Gasteiger partial charge in [-0.15, -0.1) is 0 Å². The number of amides is 1. The van der Waals surface area contributed by atoms with E-state index in [0.717, 1.165) is 51.0 Å². The van der Waals surface area contributed by atoms with Crippen LogP contribution in [0.15, 0.2) is 29.3 Å². The van der Waals surface area contributed by atoms with Crippen LogP contribution in [0, 0.1) is 0 Å². The monoisotopic (exact) mass is 300 g/mol. The van der Waals surface area contributed by atoms with Crippen LogP contribution in [0.5, 0.6) is 0 Å². The first-order valence-corrected chi connectivity index (χ1v) is 8.24. The molecule has 0 saturated carbocycles. The third-order valence-electron chi connectivity index (χ3n) is 4.26. The molecule has 2 heterocycles. The van der Waals surface area contributed by atoms with E-state index in [2.05, 4.69) is 38.9 Å². The number of carbonyl (C=O) groups excluding carboxylic acids is 1. The molecular weight excluding hydrogens is 276 g/mol. The van der Waals surface area contributed by atoms with E-state index >= 15 is 0 Å². The van der Waals surface area contributed by atoms with E-state index in [9.17, 15) is 4.79 Å². The van der Waals surface area contributed by atoms with Crippen LogP contribution in [-0.2, 0) is 11.2 Å². The molecule has 0 atom stereocenters. The van der Waals surface area contributed by atoms with Crippen LogP contribution in [0.25, 0.3) is 0 Å². The van der Waals surface area contributed by atoms with Gasteiger partial charge in [-0.2, -0.15) is 0 Å². The number of aryl methyl sites for hydroxylation is 1. The number of para-hydroxylation sites is 1. The molecule has 1 amide bonds. The van der Waals surface area contributed by atoms with E-state index < -0.39 is 0 Å². The molecule has 0 saturated heterocycles. The minimum atomic E-state index is -0.0105. The van der Waals surface area contributed by atoms with Gasteiger partial charge in [-0.25, -0.2) is 0 Å². The number of nitrogens with one attached hydrogen (secondary N) is 2. The third-order valence-corrected chi connectivity index (χ3v) is 4.26. The molecular formula is C17H24N4O. The Morgan fingerprint density at radius 2 is 2.05 bits per heavy atom. The van der Waals surface area contributed by atoms with Crippen LogP contribution >= 0.6 is 0 Å². The number of anilines is 1. The highest BCUT2D eigenvalue weighted by atomic mass is 16.2. The van der Waals surface area contributed by atoms with Gasteiger partial charge in [0.05, 0.1) is 6.54 Å². The first-order chi connectivity index (χ1) is 10.8. The Morgan fingerprint density at radius 3 is 3.00 bits per heavy atom. The number of hydrogen-bond acceptors (Lipinski definition) is 4. The molecule has 0 aliphatic carbocycles. The van der Waals surface area contributed by atoms with E-state index in [1.54, 1.807) is 0 Å². The van der Waals surface area contributed by atoms with E-state index in [-0.39, 0.29) is 5.91 Å². The van der Waals surface area contributed by atoms with Gasteiger partial charge in [-0.3, -0.25) is 20.6 Å². The molecule has 3 rings (SSSR count). The highest BCUT2D eigenvalue weighted by Gasteiger charge is 2.18. The average molecular weight is 300 g/mol. The van der Waals surface area contributed by atoms with Crippen LogP contribution in [0.2, 0.25) is 0 Å². The third kappa shape index (κ3) is 3.78. The first-order valence-electron chi connectivity index (χ1n) is 8.24. The lowest BCUT2D eigenvalue weighted by Crippen LogP contribution is -2.47. The zero-order chi connectivity index (χ0) is 15.2. The zero-order valence-electron chi connectivity index (χ0n) is 13.0. The summed E-state index contributed by atoms with van der Waals surface area (Å²) in [6, 6.07) is 8.35. The summed E-state index contributed by atoms with van der Waals surface area (Å²) in [6.07, 6.45) is 6.62. The Bertz CT molecular complexity index is 555. The Labute approximate surface area is 131 Å². The van der Waals surface area contributed by atoms with Gasteiger partial charge in [0.2, 0.25) is 0 Å². The second kappa shape index (κ2) is 7.29. The maximum absolute atomic E-state index is 12.2. The minimum Gasteiger partial charge on any atom is -0.362 e. The molecule has 0 unspecified atom stereocenters. The van der Waals surface area contributed by atoms with E-state index in [0.29, 0.717) is 6.54 Å². The summed E-state index contributed by atoms with van der Waals surface area (Å²) in [4.78, 5) is 18.8. The SMILES string of the molecule is O=C(CN1CCCc2ccccc21)NNC1=NCCCCC1. The van der Waals surface area contributed by atoms with Crippen molar-refractivity contribution in [3.8, 4) is 0 Å². The summed E-state index contributed by atoms with van der Waals surface area (Å²) in [6.45, 7) is 2.18. The fourth-order valence-electron chi connectivity index (χ4n) is 3.11. The van der Waals surface area contributed by atoms with Crippen LogP contribution in [0.4, 0.5) is 5.69 Å². The van der Waals surface area contributed by atoms with E-state index in [1.165, 1.54) is 17.7 Å². The summed E-state index contributed by atoms with van der Waals surface area (Å²) in [7, 11) is 0. The van der Waals surface area contributed by atoms with Crippen molar-refractivity contribution in [3.05, 3.63) is 29.8 Å². The van der Waals surface area contributed by atoms with Crippen molar-refractivity contribution in [2.45, 2.75) is 38.5 Å². The Hall–Kier alpha value is -2.04. The molecule has 22 heavy (non-hydrogen) atoms. The van der Waals surface area contributed by atoms with Gasteiger partial charge in [0.1, 0.15) is 5.84 Å². The first kappa shape index (κ1) is 14.9. The number of nitrogens with zero attached hydrogens (tertiary/aromatic N) is 2. The maximum Gasteiger partial charge on any atom is 0.257 e. The lowest BCUT2D eigenvalue weighted by molar-refractivity contribution is -0.120. The molecule has 0 spiro atoms. The number of amidine groups is 1. The van der Waals surface area contributed by atoms with Crippen LogP contribution < -0.4 is 15.8 Å². The van der Waals surface area contributed by atoms with Crippen molar-refractivity contribution in [1.82, 2.24) is 10.9 Å². The molecule has 0 aromatic heterocycles. The quantitative estimate of drug-likeness (QED) is 0.822.